The van der Waals surface area contributed by atoms with Gasteiger partial charge in [0.2, 0.25) is 0 Å². The van der Waals surface area contributed by atoms with Crippen molar-refractivity contribution in [2.75, 3.05) is 31.1 Å². The minimum Gasteiger partial charge on any atom is -0.386 e. The van der Waals surface area contributed by atoms with Gasteiger partial charge in [-0.25, -0.2) is 0 Å². The van der Waals surface area contributed by atoms with Crippen molar-refractivity contribution >= 4 is 17.3 Å². The standard InChI is InChI=1S/C25H25ClN2O2/c26-19-10-12-20(13-11-19)27-14-16-28(17-15-27)25(18-6-2-1-3-7-18)23(29)21-8-4-5-9-22(21)24(25)30/h1-13,23-24,29-30H,14-17H2. The van der Waals surface area contributed by atoms with Gasteiger partial charge in [0.05, 0.1) is 0 Å². The summed E-state index contributed by atoms with van der Waals surface area (Å²) >= 11 is 6.04. The SMILES string of the molecule is OC1c2ccccc2C(O)C1(c1ccccc1)N1CCN(c2ccc(Cl)cc2)CC1. The maximum atomic E-state index is 11.6. The Morgan fingerprint density at radius 2 is 1.23 bits per heavy atom. The second-order valence-corrected chi connectivity index (χ2v) is 8.51. The molecule has 1 fully saturated rings. The van der Waals surface area contributed by atoms with Crippen molar-refractivity contribution in [3.05, 3.63) is 101 Å². The zero-order valence-electron chi connectivity index (χ0n) is 16.7. The lowest BCUT2D eigenvalue weighted by Gasteiger charge is -2.50. The van der Waals surface area contributed by atoms with Crippen molar-refractivity contribution in [3.8, 4) is 0 Å². The lowest BCUT2D eigenvalue weighted by molar-refractivity contribution is -0.102. The molecule has 3 aromatic rings. The van der Waals surface area contributed by atoms with E-state index in [9.17, 15) is 10.2 Å². The van der Waals surface area contributed by atoms with E-state index in [1.54, 1.807) is 0 Å². The number of hydrogen-bond donors (Lipinski definition) is 2. The highest BCUT2D eigenvalue weighted by atomic mass is 35.5. The molecule has 30 heavy (non-hydrogen) atoms. The molecule has 2 atom stereocenters. The van der Waals surface area contributed by atoms with Crippen LogP contribution in [0.5, 0.6) is 0 Å². The van der Waals surface area contributed by atoms with Crippen LogP contribution >= 0.6 is 11.6 Å². The molecule has 0 amide bonds. The van der Waals surface area contributed by atoms with E-state index in [-0.39, 0.29) is 0 Å². The highest BCUT2D eigenvalue weighted by Gasteiger charge is 2.57. The summed E-state index contributed by atoms with van der Waals surface area (Å²) in [5.41, 5.74) is 2.82. The maximum Gasteiger partial charge on any atom is 0.107 e. The zero-order valence-corrected chi connectivity index (χ0v) is 17.4. The molecular formula is C25H25ClN2O2. The van der Waals surface area contributed by atoms with Crippen molar-refractivity contribution in [1.82, 2.24) is 4.90 Å². The number of anilines is 1. The average Bonchev–Trinajstić information content (AvgIpc) is 3.03. The van der Waals surface area contributed by atoms with Gasteiger partial charge in [0.15, 0.2) is 0 Å². The Morgan fingerprint density at radius 1 is 0.700 bits per heavy atom. The minimum atomic E-state index is -0.892. The summed E-state index contributed by atoms with van der Waals surface area (Å²) in [6.07, 6.45) is -1.60. The third-order valence-electron chi connectivity index (χ3n) is 6.65. The molecular weight excluding hydrogens is 396 g/mol. The summed E-state index contributed by atoms with van der Waals surface area (Å²) in [5.74, 6) is 0. The quantitative estimate of drug-likeness (QED) is 0.668. The van der Waals surface area contributed by atoms with E-state index < -0.39 is 17.7 Å². The topological polar surface area (TPSA) is 46.9 Å². The fourth-order valence-electron chi connectivity index (χ4n) is 5.17. The van der Waals surface area contributed by atoms with Gasteiger partial charge in [-0.15, -0.1) is 0 Å². The van der Waals surface area contributed by atoms with Gasteiger partial charge >= 0.3 is 0 Å². The van der Waals surface area contributed by atoms with E-state index in [1.165, 1.54) is 0 Å². The number of fused-ring (bicyclic) bond motifs is 1. The molecule has 154 valence electrons. The highest BCUT2D eigenvalue weighted by Crippen LogP contribution is 2.56. The molecule has 2 unspecified atom stereocenters. The summed E-state index contributed by atoms with van der Waals surface area (Å²) in [5, 5.41) is 23.8. The first kappa shape index (κ1) is 19.6. The fraction of sp³-hybridized carbons (Fsp3) is 0.280. The van der Waals surface area contributed by atoms with Crippen LogP contribution in [0, 0.1) is 0 Å². The summed E-state index contributed by atoms with van der Waals surface area (Å²) in [7, 11) is 0. The molecule has 4 nitrogen and oxygen atoms in total. The first-order valence-electron chi connectivity index (χ1n) is 10.4. The van der Waals surface area contributed by atoms with Crippen molar-refractivity contribution < 1.29 is 10.2 Å². The zero-order chi connectivity index (χ0) is 20.7. The predicted molar refractivity (Wildman–Crippen MR) is 120 cm³/mol. The second kappa shape index (κ2) is 7.71. The fourth-order valence-corrected chi connectivity index (χ4v) is 5.29. The molecule has 3 aromatic carbocycles. The van der Waals surface area contributed by atoms with Gasteiger partial charge in [-0.05, 0) is 41.0 Å². The van der Waals surface area contributed by atoms with E-state index in [4.69, 9.17) is 11.6 Å². The van der Waals surface area contributed by atoms with Gasteiger partial charge in [0, 0.05) is 36.9 Å². The molecule has 1 aliphatic heterocycles. The first-order chi connectivity index (χ1) is 14.6. The van der Waals surface area contributed by atoms with E-state index in [0.29, 0.717) is 0 Å². The molecule has 1 heterocycles. The van der Waals surface area contributed by atoms with Crippen LogP contribution in [0.25, 0.3) is 0 Å². The molecule has 0 bridgehead atoms. The van der Waals surface area contributed by atoms with Crippen LogP contribution in [-0.4, -0.2) is 41.3 Å². The van der Waals surface area contributed by atoms with Crippen LogP contribution in [0.3, 0.4) is 0 Å². The summed E-state index contributed by atoms with van der Waals surface area (Å²) < 4.78 is 0. The Morgan fingerprint density at radius 3 is 1.80 bits per heavy atom. The minimum absolute atomic E-state index is 0.732. The van der Waals surface area contributed by atoms with E-state index in [0.717, 1.165) is 53.6 Å². The number of hydrogen-bond acceptors (Lipinski definition) is 4. The molecule has 2 N–H and O–H groups in total. The van der Waals surface area contributed by atoms with Gasteiger partial charge in [0.1, 0.15) is 17.7 Å². The van der Waals surface area contributed by atoms with Crippen molar-refractivity contribution in [1.29, 1.82) is 0 Å². The Bertz CT molecular complexity index is 988. The monoisotopic (exact) mass is 420 g/mol. The van der Waals surface area contributed by atoms with Crippen molar-refractivity contribution in [3.63, 3.8) is 0 Å². The summed E-state index contributed by atoms with van der Waals surface area (Å²) in [6.45, 7) is 3.09. The molecule has 5 rings (SSSR count). The first-order valence-corrected chi connectivity index (χ1v) is 10.8. The molecule has 2 aliphatic rings. The molecule has 0 saturated carbocycles. The molecule has 0 spiro atoms. The Hall–Kier alpha value is -2.37. The number of halogens is 1. The number of aliphatic hydroxyl groups excluding tert-OH is 2. The van der Waals surface area contributed by atoms with Gasteiger partial charge in [-0.1, -0.05) is 66.2 Å². The largest absolute Gasteiger partial charge is 0.386 e. The molecule has 1 aliphatic carbocycles. The predicted octanol–water partition coefficient (Wildman–Crippen LogP) is 4.14. The van der Waals surface area contributed by atoms with Crippen LogP contribution in [-0.2, 0) is 5.54 Å². The van der Waals surface area contributed by atoms with Gasteiger partial charge in [-0.3, -0.25) is 4.90 Å². The normalized spacial score (nSPS) is 26.6. The van der Waals surface area contributed by atoms with Crippen LogP contribution in [0.4, 0.5) is 5.69 Å². The van der Waals surface area contributed by atoms with Crippen molar-refractivity contribution in [2.45, 2.75) is 17.7 Å². The number of piperazine rings is 1. The third-order valence-corrected chi connectivity index (χ3v) is 6.90. The van der Waals surface area contributed by atoms with Gasteiger partial charge in [-0.2, -0.15) is 0 Å². The van der Waals surface area contributed by atoms with E-state index in [2.05, 4.69) is 9.80 Å². The average molecular weight is 421 g/mol. The number of benzene rings is 3. The van der Waals surface area contributed by atoms with Crippen LogP contribution in [0.2, 0.25) is 5.02 Å². The lowest BCUT2D eigenvalue weighted by Crippen LogP contribution is -2.58. The molecule has 0 radical (unpaired) electrons. The number of aliphatic hydroxyl groups is 2. The molecule has 1 saturated heterocycles. The van der Waals surface area contributed by atoms with E-state index >= 15 is 0 Å². The molecule has 5 heteroatoms. The van der Waals surface area contributed by atoms with Gasteiger partial charge < -0.3 is 15.1 Å². The maximum absolute atomic E-state index is 11.6. The third kappa shape index (κ3) is 2.95. The van der Waals surface area contributed by atoms with Crippen LogP contribution in [0.15, 0.2) is 78.9 Å². The summed E-state index contributed by atoms with van der Waals surface area (Å²) in [6, 6.07) is 25.6. The van der Waals surface area contributed by atoms with E-state index in [1.807, 2.05) is 78.9 Å². The second-order valence-electron chi connectivity index (χ2n) is 8.08. The van der Waals surface area contributed by atoms with Gasteiger partial charge in [0.25, 0.3) is 0 Å². The Labute approximate surface area is 181 Å². The smallest absolute Gasteiger partial charge is 0.107 e. The Balaban J connectivity index is 1.50. The highest BCUT2D eigenvalue weighted by molar-refractivity contribution is 6.30. The Kier molecular flexibility index (Phi) is 5.03. The lowest BCUT2D eigenvalue weighted by atomic mass is 9.80. The molecule has 0 aromatic heterocycles. The summed E-state index contributed by atoms with van der Waals surface area (Å²) in [4.78, 5) is 4.59. The van der Waals surface area contributed by atoms with Crippen LogP contribution in [0.1, 0.15) is 28.9 Å². The number of nitrogens with zero attached hydrogens (tertiary/aromatic N) is 2. The van der Waals surface area contributed by atoms with Crippen molar-refractivity contribution in [2.24, 2.45) is 0 Å². The number of rotatable bonds is 3. The van der Waals surface area contributed by atoms with Crippen LogP contribution < -0.4 is 4.90 Å².